The second-order valence-electron chi connectivity index (χ2n) is 5.06. The summed E-state index contributed by atoms with van der Waals surface area (Å²) in [6.45, 7) is 3.32. The van der Waals surface area contributed by atoms with Gasteiger partial charge in [0.1, 0.15) is 10.7 Å². The molecule has 3 aromatic heterocycles. The van der Waals surface area contributed by atoms with Crippen LogP contribution in [-0.2, 0) is 19.5 Å². The van der Waals surface area contributed by atoms with E-state index in [9.17, 15) is 4.79 Å². The van der Waals surface area contributed by atoms with Gasteiger partial charge in [0.15, 0.2) is 5.82 Å². The van der Waals surface area contributed by atoms with E-state index in [-0.39, 0.29) is 5.56 Å². The molecule has 102 valence electrons. The molecule has 0 radical (unpaired) electrons. The fraction of sp³-hybridized carbons (Fsp3) is 0.385. The van der Waals surface area contributed by atoms with E-state index in [1.54, 1.807) is 10.9 Å². The number of nitrogens with zero attached hydrogens (tertiary/aromatic N) is 5. The molecule has 0 spiro atoms. The highest BCUT2D eigenvalue weighted by Gasteiger charge is 2.18. The van der Waals surface area contributed by atoms with E-state index in [1.165, 1.54) is 11.3 Å². The van der Waals surface area contributed by atoms with Crippen LogP contribution in [0.15, 0.2) is 16.5 Å². The molecule has 7 heteroatoms. The molecule has 3 aromatic rings. The fourth-order valence-corrected chi connectivity index (χ4v) is 3.58. The lowest BCUT2D eigenvalue weighted by Crippen LogP contribution is -2.22. The lowest BCUT2D eigenvalue weighted by atomic mass is 10.3. The summed E-state index contributed by atoms with van der Waals surface area (Å²) >= 11 is 1.51. The zero-order chi connectivity index (χ0) is 13.7. The smallest absolute Gasteiger partial charge is 0.262 e. The van der Waals surface area contributed by atoms with E-state index in [2.05, 4.69) is 19.7 Å². The molecule has 6 nitrogen and oxygen atoms in total. The summed E-state index contributed by atoms with van der Waals surface area (Å²) in [7, 11) is 0. The van der Waals surface area contributed by atoms with Crippen LogP contribution in [0.5, 0.6) is 0 Å². The Morgan fingerprint density at radius 3 is 3.20 bits per heavy atom. The Kier molecular flexibility index (Phi) is 2.50. The summed E-state index contributed by atoms with van der Waals surface area (Å²) in [5.41, 5.74) is 0.993. The van der Waals surface area contributed by atoms with Crippen LogP contribution >= 0.6 is 11.3 Å². The molecule has 0 fully saturated rings. The van der Waals surface area contributed by atoms with E-state index in [0.29, 0.717) is 6.54 Å². The van der Waals surface area contributed by atoms with Crippen LogP contribution in [0.25, 0.3) is 10.2 Å². The Morgan fingerprint density at radius 2 is 2.30 bits per heavy atom. The highest BCUT2D eigenvalue weighted by molar-refractivity contribution is 7.16. The minimum absolute atomic E-state index is 0.00379. The van der Waals surface area contributed by atoms with Crippen LogP contribution in [0.2, 0.25) is 0 Å². The molecular formula is C13H13N5OS. The van der Waals surface area contributed by atoms with Gasteiger partial charge in [0.2, 0.25) is 0 Å². The van der Waals surface area contributed by atoms with E-state index in [4.69, 9.17) is 0 Å². The minimum atomic E-state index is 0.00379. The summed E-state index contributed by atoms with van der Waals surface area (Å²) < 4.78 is 3.73. The Morgan fingerprint density at radius 1 is 1.40 bits per heavy atom. The third-order valence-corrected chi connectivity index (χ3v) is 4.75. The molecule has 4 rings (SSSR count). The monoisotopic (exact) mass is 287 g/mol. The summed E-state index contributed by atoms with van der Waals surface area (Å²) in [6, 6.07) is 0. The van der Waals surface area contributed by atoms with Crippen LogP contribution in [0.4, 0.5) is 0 Å². The third kappa shape index (κ3) is 1.62. The average Bonchev–Trinajstić information content (AvgIpc) is 3.10. The topological polar surface area (TPSA) is 65.6 Å². The van der Waals surface area contributed by atoms with Gasteiger partial charge in [-0.3, -0.25) is 9.36 Å². The zero-order valence-electron chi connectivity index (χ0n) is 11.0. The molecule has 0 unspecified atom stereocenters. The van der Waals surface area contributed by atoms with Crippen molar-refractivity contribution in [2.45, 2.75) is 32.9 Å². The second kappa shape index (κ2) is 4.24. The molecule has 0 amide bonds. The fourth-order valence-electron chi connectivity index (χ4n) is 2.70. The number of hydrogen-bond acceptors (Lipinski definition) is 5. The summed E-state index contributed by atoms with van der Waals surface area (Å²) in [6.07, 6.45) is 3.69. The van der Waals surface area contributed by atoms with Gasteiger partial charge in [-0.1, -0.05) is 0 Å². The lowest BCUT2D eigenvalue weighted by Gasteiger charge is -2.06. The Balaban J connectivity index is 1.81. The van der Waals surface area contributed by atoms with Gasteiger partial charge in [-0.2, -0.15) is 0 Å². The number of fused-ring (bicyclic) bond motifs is 2. The first kappa shape index (κ1) is 11.8. The molecule has 0 bridgehead atoms. The van der Waals surface area contributed by atoms with Gasteiger partial charge in [-0.15, -0.1) is 21.5 Å². The molecule has 0 N–H and O–H groups in total. The van der Waals surface area contributed by atoms with Gasteiger partial charge < -0.3 is 4.57 Å². The quantitative estimate of drug-likeness (QED) is 0.713. The maximum absolute atomic E-state index is 12.5. The number of aromatic nitrogens is 5. The van der Waals surface area contributed by atoms with Crippen LogP contribution in [0.3, 0.4) is 0 Å². The minimum Gasteiger partial charge on any atom is -0.313 e. The molecule has 1 aliphatic rings. The first-order valence-electron chi connectivity index (χ1n) is 6.58. The summed E-state index contributed by atoms with van der Waals surface area (Å²) in [4.78, 5) is 17.7. The van der Waals surface area contributed by atoms with Crippen molar-refractivity contribution in [3.05, 3.63) is 39.3 Å². The number of rotatable bonds is 2. The van der Waals surface area contributed by atoms with E-state index in [0.717, 1.165) is 46.8 Å². The van der Waals surface area contributed by atoms with Gasteiger partial charge in [0.25, 0.3) is 5.56 Å². The Labute approximate surface area is 118 Å². The highest BCUT2D eigenvalue weighted by atomic mass is 32.1. The number of aryl methyl sites for hydroxylation is 2. The molecule has 1 aliphatic heterocycles. The van der Waals surface area contributed by atoms with Crippen molar-refractivity contribution in [3.8, 4) is 0 Å². The standard InChI is InChI=1S/C13H13N5OS/c1-8-6-20-12-11(8)13(19)17(7-14-12)5-10-16-15-9-3-2-4-18(9)10/h6-7H,2-5H2,1H3. The van der Waals surface area contributed by atoms with E-state index < -0.39 is 0 Å². The van der Waals surface area contributed by atoms with Crippen molar-refractivity contribution in [1.29, 1.82) is 0 Å². The highest BCUT2D eigenvalue weighted by Crippen LogP contribution is 2.20. The summed E-state index contributed by atoms with van der Waals surface area (Å²) in [5, 5.41) is 11.1. The van der Waals surface area contributed by atoms with Gasteiger partial charge in [-0.05, 0) is 24.3 Å². The molecule has 0 aliphatic carbocycles. The third-order valence-electron chi connectivity index (χ3n) is 3.74. The Hall–Kier alpha value is -2.02. The van der Waals surface area contributed by atoms with Crippen LogP contribution < -0.4 is 5.56 Å². The SMILES string of the molecule is Cc1csc2ncn(Cc3nnc4n3CCC4)c(=O)c12. The maximum Gasteiger partial charge on any atom is 0.262 e. The van der Waals surface area contributed by atoms with Crippen molar-refractivity contribution >= 4 is 21.6 Å². The van der Waals surface area contributed by atoms with Crippen molar-refractivity contribution < 1.29 is 0 Å². The molecule has 0 saturated carbocycles. The van der Waals surface area contributed by atoms with Crippen molar-refractivity contribution in [3.63, 3.8) is 0 Å². The molecular weight excluding hydrogens is 274 g/mol. The predicted molar refractivity (Wildman–Crippen MR) is 76.1 cm³/mol. The van der Waals surface area contributed by atoms with Crippen LogP contribution in [0.1, 0.15) is 23.6 Å². The van der Waals surface area contributed by atoms with E-state index in [1.807, 2.05) is 12.3 Å². The van der Waals surface area contributed by atoms with Gasteiger partial charge in [0.05, 0.1) is 18.3 Å². The van der Waals surface area contributed by atoms with Crippen LogP contribution in [0, 0.1) is 6.92 Å². The summed E-state index contributed by atoms with van der Waals surface area (Å²) in [5.74, 6) is 1.86. The lowest BCUT2D eigenvalue weighted by molar-refractivity contribution is 0.631. The van der Waals surface area contributed by atoms with Gasteiger partial charge >= 0.3 is 0 Å². The molecule has 4 heterocycles. The predicted octanol–water partition coefficient (Wildman–Crippen LogP) is 1.35. The zero-order valence-corrected chi connectivity index (χ0v) is 11.9. The van der Waals surface area contributed by atoms with Crippen LogP contribution in [-0.4, -0.2) is 24.3 Å². The molecule has 20 heavy (non-hydrogen) atoms. The van der Waals surface area contributed by atoms with Gasteiger partial charge in [0, 0.05) is 13.0 Å². The largest absolute Gasteiger partial charge is 0.313 e. The van der Waals surface area contributed by atoms with Crippen molar-refractivity contribution in [2.24, 2.45) is 0 Å². The van der Waals surface area contributed by atoms with Crippen molar-refractivity contribution in [1.82, 2.24) is 24.3 Å². The molecule has 0 atom stereocenters. The Bertz CT molecular complexity index is 859. The normalized spacial score (nSPS) is 14.1. The average molecular weight is 287 g/mol. The second-order valence-corrected chi connectivity index (χ2v) is 5.92. The van der Waals surface area contributed by atoms with Gasteiger partial charge in [-0.25, -0.2) is 4.98 Å². The first-order valence-corrected chi connectivity index (χ1v) is 7.46. The molecule has 0 saturated heterocycles. The van der Waals surface area contributed by atoms with E-state index >= 15 is 0 Å². The van der Waals surface area contributed by atoms with Crippen molar-refractivity contribution in [2.75, 3.05) is 0 Å². The number of hydrogen-bond donors (Lipinski definition) is 0. The number of thiophene rings is 1. The first-order chi connectivity index (χ1) is 9.74. The maximum atomic E-state index is 12.5. The molecule has 0 aromatic carbocycles.